The first kappa shape index (κ1) is 7.68. The van der Waals surface area contributed by atoms with Gasteiger partial charge in [0.1, 0.15) is 5.01 Å². The topological polar surface area (TPSA) is 50.2 Å². The van der Waals surface area contributed by atoms with Crippen molar-refractivity contribution in [2.75, 3.05) is 0 Å². The molecule has 10 heavy (non-hydrogen) atoms. The highest BCUT2D eigenvalue weighted by Crippen LogP contribution is 2.12. The standard InChI is InChI=1S/C5H4BrNO2S/c6-1-4-7-3(2-10-4)5(8)9/h2H,1H2,(H,8,9). The summed E-state index contributed by atoms with van der Waals surface area (Å²) in [6, 6.07) is 0. The molecule has 1 aromatic heterocycles. The van der Waals surface area contributed by atoms with Crippen molar-refractivity contribution in [2.24, 2.45) is 0 Å². The maximum atomic E-state index is 10.3. The number of aromatic carboxylic acids is 1. The molecule has 0 aliphatic heterocycles. The number of nitrogens with zero attached hydrogens (tertiary/aromatic N) is 1. The lowest BCUT2D eigenvalue weighted by Crippen LogP contribution is -1.95. The number of alkyl halides is 1. The van der Waals surface area contributed by atoms with E-state index in [0.29, 0.717) is 5.33 Å². The SMILES string of the molecule is O=C(O)c1csc(CBr)n1. The molecule has 3 nitrogen and oxygen atoms in total. The number of rotatable bonds is 2. The van der Waals surface area contributed by atoms with Crippen molar-refractivity contribution in [2.45, 2.75) is 5.33 Å². The van der Waals surface area contributed by atoms with Crippen LogP contribution in [0.1, 0.15) is 15.5 Å². The summed E-state index contributed by atoms with van der Waals surface area (Å²) in [4.78, 5) is 14.1. The number of hydrogen-bond donors (Lipinski definition) is 1. The zero-order valence-electron chi connectivity index (χ0n) is 4.87. The van der Waals surface area contributed by atoms with Crippen LogP contribution in [0.3, 0.4) is 0 Å². The Hall–Kier alpha value is -0.420. The number of thiazole rings is 1. The number of carboxylic acids is 1. The molecule has 0 spiro atoms. The van der Waals surface area contributed by atoms with Crippen LogP contribution >= 0.6 is 27.3 Å². The molecule has 0 atom stereocenters. The Balaban J connectivity index is 2.88. The van der Waals surface area contributed by atoms with Crippen LogP contribution < -0.4 is 0 Å². The Morgan fingerprint density at radius 1 is 1.90 bits per heavy atom. The minimum absolute atomic E-state index is 0.124. The van der Waals surface area contributed by atoms with Gasteiger partial charge in [0.05, 0.1) is 5.33 Å². The van der Waals surface area contributed by atoms with Gasteiger partial charge in [-0.1, -0.05) is 15.9 Å². The number of aromatic nitrogens is 1. The third-order valence-electron chi connectivity index (χ3n) is 0.885. The Labute approximate surface area is 69.8 Å². The van der Waals surface area contributed by atoms with E-state index in [9.17, 15) is 4.79 Å². The van der Waals surface area contributed by atoms with Crippen molar-refractivity contribution < 1.29 is 9.90 Å². The van der Waals surface area contributed by atoms with Gasteiger partial charge in [0.2, 0.25) is 0 Å². The van der Waals surface area contributed by atoms with Crippen molar-refractivity contribution >= 4 is 33.2 Å². The molecule has 54 valence electrons. The Morgan fingerprint density at radius 2 is 2.60 bits per heavy atom. The number of halogens is 1. The molecule has 0 unspecified atom stereocenters. The van der Waals surface area contributed by atoms with Crippen molar-refractivity contribution in [3.63, 3.8) is 0 Å². The lowest BCUT2D eigenvalue weighted by atomic mass is 10.5. The largest absolute Gasteiger partial charge is 0.476 e. The van der Waals surface area contributed by atoms with Crippen LogP contribution in [0, 0.1) is 0 Å². The summed E-state index contributed by atoms with van der Waals surface area (Å²) in [5, 5.41) is 11.4. The number of carbonyl (C=O) groups is 1. The lowest BCUT2D eigenvalue weighted by molar-refractivity contribution is 0.0691. The molecule has 0 saturated carbocycles. The van der Waals surface area contributed by atoms with Crippen LogP contribution in [0.5, 0.6) is 0 Å². The summed E-state index contributed by atoms with van der Waals surface area (Å²) in [5.74, 6) is -0.969. The number of carboxylic acid groups (broad SMARTS) is 1. The Bertz CT molecular complexity index is 248. The fraction of sp³-hybridized carbons (Fsp3) is 0.200. The first-order chi connectivity index (χ1) is 4.74. The second kappa shape index (κ2) is 3.12. The normalized spacial score (nSPS) is 9.70. The molecular formula is C5H4BrNO2S. The molecular weight excluding hydrogens is 218 g/mol. The monoisotopic (exact) mass is 221 g/mol. The predicted octanol–water partition coefficient (Wildman–Crippen LogP) is 1.74. The zero-order chi connectivity index (χ0) is 7.56. The molecule has 0 radical (unpaired) electrons. The van der Waals surface area contributed by atoms with Crippen LogP contribution in [0.15, 0.2) is 5.38 Å². The second-order valence-corrected chi connectivity index (χ2v) is 3.07. The zero-order valence-corrected chi connectivity index (χ0v) is 7.28. The van der Waals surface area contributed by atoms with E-state index in [2.05, 4.69) is 20.9 Å². The van der Waals surface area contributed by atoms with E-state index >= 15 is 0 Å². The number of hydrogen-bond acceptors (Lipinski definition) is 3. The lowest BCUT2D eigenvalue weighted by Gasteiger charge is -1.81. The minimum Gasteiger partial charge on any atom is -0.476 e. The van der Waals surface area contributed by atoms with E-state index in [1.807, 2.05) is 0 Å². The quantitative estimate of drug-likeness (QED) is 0.775. The summed E-state index contributed by atoms with van der Waals surface area (Å²) < 4.78 is 0. The highest BCUT2D eigenvalue weighted by molar-refractivity contribution is 9.08. The average Bonchev–Trinajstić information content (AvgIpc) is 2.34. The van der Waals surface area contributed by atoms with Crippen LogP contribution in [0.2, 0.25) is 0 Å². The summed E-state index contributed by atoms with van der Waals surface area (Å²) in [7, 11) is 0. The van der Waals surface area contributed by atoms with Crippen molar-refractivity contribution in [3.8, 4) is 0 Å². The van der Waals surface area contributed by atoms with Gasteiger partial charge in [-0.3, -0.25) is 0 Å². The molecule has 0 aliphatic carbocycles. The smallest absolute Gasteiger partial charge is 0.355 e. The van der Waals surface area contributed by atoms with Gasteiger partial charge in [-0.05, 0) is 0 Å². The molecule has 1 heterocycles. The minimum atomic E-state index is -0.969. The van der Waals surface area contributed by atoms with Gasteiger partial charge in [-0.2, -0.15) is 0 Å². The van der Waals surface area contributed by atoms with E-state index < -0.39 is 5.97 Å². The van der Waals surface area contributed by atoms with Gasteiger partial charge in [0, 0.05) is 5.38 Å². The van der Waals surface area contributed by atoms with E-state index in [1.165, 1.54) is 16.7 Å². The van der Waals surface area contributed by atoms with Gasteiger partial charge in [-0.15, -0.1) is 11.3 Å². The average molecular weight is 222 g/mol. The third kappa shape index (κ3) is 1.54. The predicted molar refractivity (Wildman–Crippen MR) is 41.7 cm³/mol. The van der Waals surface area contributed by atoms with Gasteiger partial charge in [-0.25, -0.2) is 9.78 Å². The molecule has 1 N–H and O–H groups in total. The van der Waals surface area contributed by atoms with E-state index in [1.54, 1.807) is 0 Å². The summed E-state index contributed by atoms with van der Waals surface area (Å²) in [6.07, 6.45) is 0. The van der Waals surface area contributed by atoms with E-state index in [-0.39, 0.29) is 5.69 Å². The van der Waals surface area contributed by atoms with E-state index in [4.69, 9.17) is 5.11 Å². The highest BCUT2D eigenvalue weighted by atomic mass is 79.9. The van der Waals surface area contributed by atoms with Crippen LogP contribution in [0.25, 0.3) is 0 Å². The molecule has 5 heteroatoms. The van der Waals surface area contributed by atoms with Crippen LogP contribution in [-0.2, 0) is 5.33 Å². The van der Waals surface area contributed by atoms with Gasteiger partial charge < -0.3 is 5.11 Å². The van der Waals surface area contributed by atoms with Gasteiger partial charge in [0.25, 0.3) is 0 Å². The van der Waals surface area contributed by atoms with Crippen LogP contribution in [0.4, 0.5) is 0 Å². The molecule has 1 rings (SSSR count). The van der Waals surface area contributed by atoms with Crippen LogP contribution in [-0.4, -0.2) is 16.1 Å². The second-order valence-electron chi connectivity index (χ2n) is 1.57. The Kier molecular flexibility index (Phi) is 2.39. The summed E-state index contributed by atoms with van der Waals surface area (Å²) >= 11 is 4.51. The van der Waals surface area contributed by atoms with Crippen molar-refractivity contribution in [1.82, 2.24) is 4.98 Å². The Morgan fingerprint density at radius 3 is 2.90 bits per heavy atom. The van der Waals surface area contributed by atoms with E-state index in [0.717, 1.165) is 5.01 Å². The van der Waals surface area contributed by atoms with Crippen molar-refractivity contribution in [1.29, 1.82) is 0 Å². The maximum absolute atomic E-state index is 10.3. The molecule has 0 aromatic carbocycles. The molecule has 0 fully saturated rings. The molecule has 0 saturated heterocycles. The molecule has 0 amide bonds. The fourth-order valence-corrected chi connectivity index (χ4v) is 1.61. The molecule has 1 aromatic rings. The maximum Gasteiger partial charge on any atom is 0.355 e. The summed E-state index contributed by atoms with van der Waals surface area (Å²) in [6.45, 7) is 0. The third-order valence-corrected chi connectivity index (χ3v) is 2.64. The van der Waals surface area contributed by atoms with Gasteiger partial charge >= 0.3 is 5.97 Å². The van der Waals surface area contributed by atoms with Gasteiger partial charge in [0.15, 0.2) is 5.69 Å². The molecule has 0 bridgehead atoms. The first-order valence-corrected chi connectivity index (χ1v) is 4.48. The first-order valence-electron chi connectivity index (χ1n) is 2.47. The fourth-order valence-electron chi connectivity index (χ4n) is 0.470. The molecule has 0 aliphatic rings. The van der Waals surface area contributed by atoms with Crippen molar-refractivity contribution in [3.05, 3.63) is 16.1 Å². The summed E-state index contributed by atoms with van der Waals surface area (Å²) in [5.41, 5.74) is 0.124. The highest BCUT2D eigenvalue weighted by Gasteiger charge is 2.06.